The molecule has 0 saturated carbocycles. The Hall–Kier alpha value is -3.24. The Balaban J connectivity index is 1.76. The fourth-order valence-electron chi connectivity index (χ4n) is 2.94. The second-order valence-corrected chi connectivity index (χ2v) is 8.14. The van der Waals surface area contributed by atoms with Gasteiger partial charge in [-0.2, -0.15) is 10.2 Å². The van der Waals surface area contributed by atoms with Crippen LogP contribution in [0.15, 0.2) is 65.3 Å². The molecule has 6 nitrogen and oxygen atoms in total. The van der Waals surface area contributed by atoms with Gasteiger partial charge in [0.05, 0.1) is 4.47 Å². The van der Waals surface area contributed by atoms with Gasteiger partial charge in [0.2, 0.25) is 5.82 Å². The summed E-state index contributed by atoms with van der Waals surface area (Å²) in [6.07, 6.45) is 2.33. The van der Waals surface area contributed by atoms with Gasteiger partial charge in [0.25, 0.3) is 5.91 Å². The summed E-state index contributed by atoms with van der Waals surface area (Å²) in [7, 11) is 0. The number of carbonyl (C=O) groups excluding carboxylic acids is 1. The van der Waals surface area contributed by atoms with Gasteiger partial charge in [0, 0.05) is 18.3 Å². The number of benzene rings is 2. The van der Waals surface area contributed by atoms with Crippen molar-refractivity contribution in [2.24, 2.45) is 5.92 Å². The van der Waals surface area contributed by atoms with Crippen molar-refractivity contribution >= 4 is 27.7 Å². The number of hydrogen-bond donors (Lipinski definition) is 1. The highest BCUT2D eigenvalue weighted by molar-refractivity contribution is 9.10. The summed E-state index contributed by atoms with van der Waals surface area (Å²) in [6.45, 7) is 4.61. The number of hydrogen-bond acceptors (Lipinski definition) is 5. The van der Waals surface area contributed by atoms with Crippen molar-refractivity contribution in [1.82, 2.24) is 15.4 Å². The Morgan fingerprint density at radius 2 is 1.80 bits per heavy atom. The molecule has 1 aromatic heterocycles. The number of carbonyl (C=O) groups is 1. The van der Waals surface area contributed by atoms with Gasteiger partial charge in [-0.15, -0.1) is 0 Å². The van der Waals surface area contributed by atoms with Crippen LogP contribution in [0.1, 0.15) is 41.2 Å². The minimum absolute atomic E-state index is 0.0430. The lowest BCUT2D eigenvalue weighted by Crippen LogP contribution is -2.45. The molecule has 0 unspecified atom stereocenters. The Kier molecular flexibility index (Phi) is 7.15. The molecule has 0 spiro atoms. The molecule has 0 atom stereocenters. The SMILES string of the molecule is CC(C)CN(NC(=O)c1ccc(Cc2ccccc2)cc1)c1nc(C#N)ncc1Br. The zero-order valence-corrected chi connectivity index (χ0v) is 18.4. The third kappa shape index (κ3) is 5.65. The fourth-order valence-corrected chi connectivity index (χ4v) is 3.35. The van der Waals surface area contributed by atoms with Crippen molar-refractivity contribution in [1.29, 1.82) is 5.26 Å². The summed E-state index contributed by atoms with van der Waals surface area (Å²) in [4.78, 5) is 21.1. The third-order valence-electron chi connectivity index (χ3n) is 4.33. The van der Waals surface area contributed by atoms with Gasteiger partial charge in [-0.05, 0) is 51.5 Å². The van der Waals surface area contributed by atoms with Crippen molar-refractivity contribution in [2.45, 2.75) is 20.3 Å². The average Bonchev–Trinajstić information content (AvgIpc) is 2.74. The van der Waals surface area contributed by atoms with Crippen LogP contribution in [-0.4, -0.2) is 22.4 Å². The van der Waals surface area contributed by atoms with Crippen LogP contribution < -0.4 is 10.4 Å². The van der Waals surface area contributed by atoms with Crippen molar-refractivity contribution in [3.8, 4) is 6.07 Å². The van der Waals surface area contributed by atoms with Crippen molar-refractivity contribution in [3.63, 3.8) is 0 Å². The second kappa shape index (κ2) is 9.99. The Morgan fingerprint density at radius 1 is 1.13 bits per heavy atom. The van der Waals surface area contributed by atoms with E-state index in [2.05, 4.69) is 43.5 Å². The Bertz CT molecular complexity index is 1050. The molecule has 1 amide bonds. The number of nitrogens with one attached hydrogen (secondary N) is 1. The molecule has 30 heavy (non-hydrogen) atoms. The van der Waals surface area contributed by atoms with Crippen molar-refractivity contribution in [2.75, 3.05) is 11.6 Å². The maximum absolute atomic E-state index is 12.9. The first kappa shape index (κ1) is 21.5. The van der Waals surface area contributed by atoms with E-state index in [9.17, 15) is 4.79 Å². The number of halogens is 1. The van der Waals surface area contributed by atoms with E-state index in [1.54, 1.807) is 5.01 Å². The van der Waals surface area contributed by atoms with Crippen LogP contribution in [-0.2, 0) is 6.42 Å². The Morgan fingerprint density at radius 3 is 2.43 bits per heavy atom. The summed E-state index contributed by atoms with van der Waals surface area (Å²) < 4.78 is 0.598. The summed E-state index contributed by atoms with van der Waals surface area (Å²) in [5.41, 5.74) is 5.81. The summed E-state index contributed by atoms with van der Waals surface area (Å²) >= 11 is 3.41. The van der Waals surface area contributed by atoms with Crippen LogP contribution in [0, 0.1) is 17.2 Å². The smallest absolute Gasteiger partial charge is 0.267 e. The molecule has 0 saturated heterocycles. The van der Waals surface area contributed by atoms with Crippen LogP contribution in [0.3, 0.4) is 0 Å². The lowest BCUT2D eigenvalue weighted by atomic mass is 10.0. The highest BCUT2D eigenvalue weighted by atomic mass is 79.9. The molecule has 0 radical (unpaired) electrons. The standard InChI is InChI=1S/C23H22BrN5O/c1-16(2)15-29(22-20(24)14-26-21(13-25)27-22)28-23(30)19-10-8-18(9-11-19)12-17-6-4-3-5-7-17/h3-11,14,16H,12,15H2,1-2H3,(H,28,30). The molecule has 152 valence electrons. The number of amides is 1. The molecule has 3 rings (SSSR count). The van der Waals surface area contributed by atoms with E-state index in [4.69, 9.17) is 5.26 Å². The lowest BCUT2D eigenvalue weighted by molar-refractivity contribution is 0.0947. The zero-order chi connectivity index (χ0) is 21.5. The number of nitrogens with zero attached hydrogens (tertiary/aromatic N) is 4. The second-order valence-electron chi connectivity index (χ2n) is 7.28. The highest BCUT2D eigenvalue weighted by Gasteiger charge is 2.18. The highest BCUT2D eigenvalue weighted by Crippen LogP contribution is 2.23. The largest absolute Gasteiger partial charge is 0.269 e. The molecule has 2 aromatic carbocycles. The first-order chi connectivity index (χ1) is 14.5. The van der Waals surface area contributed by atoms with Crippen molar-refractivity contribution in [3.05, 3.63) is 87.8 Å². The molecular weight excluding hydrogens is 442 g/mol. The van der Waals surface area contributed by atoms with Crippen LogP contribution in [0.2, 0.25) is 0 Å². The maximum atomic E-state index is 12.9. The predicted molar refractivity (Wildman–Crippen MR) is 120 cm³/mol. The van der Waals surface area contributed by atoms with E-state index < -0.39 is 0 Å². The maximum Gasteiger partial charge on any atom is 0.269 e. The summed E-state index contributed by atoms with van der Waals surface area (Å²) in [5, 5.41) is 10.8. The molecule has 3 aromatic rings. The van der Waals surface area contributed by atoms with Gasteiger partial charge in [-0.3, -0.25) is 15.2 Å². The van der Waals surface area contributed by atoms with Gasteiger partial charge in [0.15, 0.2) is 5.82 Å². The zero-order valence-electron chi connectivity index (χ0n) is 16.8. The van der Waals surface area contributed by atoms with Gasteiger partial charge < -0.3 is 0 Å². The minimum atomic E-state index is -0.245. The first-order valence-corrected chi connectivity index (χ1v) is 10.4. The molecule has 0 bridgehead atoms. The van der Waals surface area contributed by atoms with Gasteiger partial charge in [-0.1, -0.05) is 56.3 Å². The molecule has 7 heteroatoms. The first-order valence-electron chi connectivity index (χ1n) is 9.60. The van der Waals surface area contributed by atoms with E-state index in [0.717, 1.165) is 12.0 Å². The topological polar surface area (TPSA) is 81.9 Å². The normalized spacial score (nSPS) is 10.5. The molecule has 1 heterocycles. The van der Waals surface area contributed by atoms with E-state index in [1.807, 2.05) is 62.4 Å². The Labute approximate surface area is 184 Å². The average molecular weight is 464 g/mol. The van der Waals surface area contributed by atoms with Crippen LogP contribution in [0.5, 0.6) is 0 Å². The van der Waals surface area contributed by atoms with E-state index in [0.29, 0.717) is 22.4 Å². The number of rotatable bonds is 7. The van der Waals surface area contributed by atoms with Crippen LogP contribution in [0.25, 0.3) is 0 Å². The molecule has 0 aliphatic rings. The van der Waals surface area contributed by atoms with E-state index in [1.165, 1.54) is 11.8 Å². The number of nitriles is 1. The summed E-state index contributed by atoms with van der Waals surface area (Å²) in [6, 6.07) is 19.7. The molecule has 1 N–H and O–H groups in total. The van der Waals surface area contributed by atoms with E-state index >= 15 is 0 Å². The third-order valence-corrected chi connectivity index (χ3v) is 4.89. The fraction of sp³-hybridized carbons (Fsp3) is 0.217. The number of aromatic nitrogens is 2. The summed E-state index contributed by atoms with van der Waals surface area (Å²) in [5.74, 6) is 0.502. The monoisotopic (exact) mass is 463 g/mol. The number of anilines is 1. The molecule has 0 aliphatic heterocycles. The quantitative estimate of drug-likeness (QED) is 0.521. The van der Waals surface area contributed by atoms with Crippen LogP contribution in [0.4, 0.5) is 5.82 Å². The molecule has 0 aliphatic carbocycles. The van der Waals surface area contributed by atoms with E-state index in [-0.39, 0.29) is 17.6 Å². The van der Waals surface area contributed by atoms with Crippen LogP contribution >= 0.6 is 15.9 Å². The molecule has 0 fully saturated rings. The van der Waals surface area contributed by atoms with Gasteiger partial charge >= 0.3 is 0 Å². The van der Waals surface area contributed by atoms with Gasteiger partial charge in [0.1, 0.15) is 6.07 Å². The molecular formula is C23H22BrN5O. The number of hydrazine groups is 1. The van der Waals surface area contributed by atoms with Gasteiger partial charge in [-0.25, -0.2) is 4.98 Å². The lowest BCUT2D eigenvalue weighted by Gasteiger charge is -2.26. The minimum Gasteiger partial charge on any atom is -0.267 e. The van der Waals surface area contributed by atoms with Crippen molar-refractivity contribution < 1.29 is 4.79 Å². The predicted octanol–water partition coefficient (Wildman–Crippen LogP) is 4.51.